The lowest BCUT2D eigenvalue weighted by molar-refractivity contribution is 0.366. The number of rotatable bonds is 6. The van der Waals surface area contributed by atoms with E-state index in [0.717, 1.165) is 35.6 Å². The van der Waals surface area contributed by atoms with Crippen molar-refractivity contribution in [2.75, 3.05) is 6.54 Å². The van der Waals surface area contributed by atoms with Crippen molar-refractivity contribution in [2.24, 2.45) is 5.41 Å². The number of hydrogen-bond acceptors (Lipinski definition) is 3. The summed E-state index contributed by atoms with van der Waals surface area (Å²) >= 11 is 0. The van der Waals surface area contributed by atoms with Gasteiger partial charge in [0, 0.05) is 12.6 Å². The standard InChI is InChI=1S/C20H25N3O/c1-20(2,3)10-11-21-13-15-4-6-16(7-5-15)24-17-8-9-18-19(12-17)23-14-22-18/h4-9,12,14,21H,10-11,13H2,1-3H3,(H,22,23). The summed E-state index contributed by atoms with van der Waals surface area (Å²) in [6.45, 7) is 8.71. The van der Waals surface area contributed by atoms with Crippen molar-refractivity contribution in [3.8, 4) is 11.5 Å². The predicted octanol–water partition coefficient (Wildman–Crippen LogP) is 4.88. The van der Waals surface area contributed by atoms with Crippen LogP contribution in [0.1, 0.15) is 32.8 Å². The maximum Gasteiger partial charge on any atom is 0.129 e. The summed E-state index contributed by atoms with van der Waals surface area (Å²) < 4.78 is 5.91. The molecular weight excluding hydrogens is 298 g/mol. The van der Waals surface area contributed by atoms with Crippen molar-refractivity contribution in [1.82, 2.24) is 15.3 Å². The van der Waals surface area contributed by atoms with Crippen molar-refractivity contribution in [2.45, 2.75) is 33.7 Å². The lowest BCUT2D eigenvalue weighted by Crippen LogP contribution is -2.20. The molecule has 0 spiro atoms. The number of nitrogens with one attached hydrogen (secondary N) is 2. The minimum absolute atomic E-state index is 0.375. The number of ether oxygens (including phenoxy) is 1. The Morgan fingerprint density at radius 3 is 2.54 bits per heavy atom. The molecule has 2 N–H and O–H groups in total. The van der Waals surface area contributed by atoms with Crippen LogP contribution in [-0.2, 0) is 6.54 Å². The Morgan fingerprint density at radius 1 is 1.04 bits per heavy atom. The number of hydrogen-bond donors (Lipinski definition) is 2. The van der Waals surface area contributed by atoms with Gasteiger partial charge in [0.1, 0.15) is 11.5 Å². The van der Waals surface area contributed by atoms with Crippen LogP contribution in [0.25, 0.3) is 11.0 Å². The second-order valence-electron chi connectivity index (χ2n) is 7.31. The van der Waals surface area contributed by atoms with Gasteiger partial charge in [0.05, 0.1) is 17.4 Å². The monoisotopic (exact) mass is 323 g/mol. The molecule has 24 heavy (non-hydrogen) atoms. The average molecular weight is 323 g/mol. The molecule has 2 aromatic carbocycles. The molecule has 1 aromatic heterocycles. The molecule has 3 aromatic rings. The second kappa shape index (κ2) is 7.05. The summed E-state index contributed by atoms with van der Waals surface area (Å²) in [6.07, 6.45) is 2.86. The number of imidazole rings is 1. The van der Waals surface area contributed by atoms with Crippen molar-refractivity contribution < 1.29 is 4.74 Å². The molecule has 0 aliphatic rings. The van der Waals surface area contributed by atoms with Crippen LogP contribution in [0.4, 0.5) is 0 Å². The fourth-order valence-electron chi connectivity index (χ4n) is 2.49. The summed E-state index contributed by atoms with van der Waals surface area (Å²) in [5, 5.41) is 3.49. The van der Waals surface area contributed by atoms with Crippen molar-refractivity contribution in [3.63, 3.8) is 0 Å². The zero-order valence-electron chi connectivity index (χ0n) is 14.6. The summed E-state index contributed by atoms with van der Waals surface area (Å²) in [4.78, 5) is 7.31. The largest absolute Gasteiger partial charge is 0.457 e. The number of benzene rings is 2. The fraction of sp³-hybridized carbons (Fsp3) is 0.350. The van der Waals surface area contributed by atoms with Gasteiger partial charge in [-0.3, -0.25) is 0 Å². The predicted molar refractivity (Wildman–Crippen MR) is 98.4 cm³/mol. The van der Waals surface area contributed by atoms with E-state index in [2.05, 4.69) is 48.2 Å². The van der Waals surface area contributed by atoms with Crippen LogP contribution >= 0.6 is 0 Å². The van der Waals surface area contributed by atoms with Gasteiger partial charge in [0.25, 0.3) is 0 Å². The SMILES string of the molecule is CC(C)(C)CCNCc1ccc(Oc2ccc3nc[nH]c3c2)cc1. The number of nitrogens with zero attached hydrogens (tertiary/aromatic N) is 1. The van der Waals surface area contributed by atoms with E-state index in [9.17, 15) is 0 Å². The number of aromatic amines is 1. The van der Waals surface area contributed by atoms with Gasteiger partial charge in [-0.25, -0.2) is 4.98 Å². The van der Waals surface area contributed by atoms with Crippen LogP contribution in [0.5, 0.6) is 11.5 Å². The van der Waals surface area contributed by atoms with Gasteiger partial charge in [-0.05, 0) is 48.2 Å². The molecule has 3 rings (SSSR count). The van der Waals surface area contributed by atoms with Gasteiger partial charge in [0.15, 0.2) is 0 Å². The van der Waals surface area contributed by atoms with Crippen LogP contribution in [0.2, 0.25) is 0 Å². The lowest BCUT2D eigenvalue weighted by atomic mass is 9.92. The van der Waals surface area contributed by atoms with Gasteiger partial charge in [-0.1, -0.05) is 32.9 Å². The third kappa shape index (κ3) is 4.59. The highest BCUT2D eigenvalue weighted by Crippen LogP contribution is 2.24. The van der Waals surface area contributed by atoms with Crippen molar-refractivity contribution in [3.05, 3.63) is 54.4 Å². The second-order valence-corrected chi connectivity index (χ2v) is 7.31. The zero-order chi connectivity index (χ0) is 17.0. The van der Waals surface area contributed by atoms with Crippen LogP contribution in [0.3, 0.4) is 0 Å². The first-order valence-corrected chi connectivity index (χ1v) is 8.40. The van der Waals surface area contributed by atoms with Gasteiger partial charge in [0.2, 0.25) is 0 Å². The Labute approximate surface area is 143 Å². The van der Waals surface area contributed by atoms with Crippen LogP contribution in [0, 0.1) is 5.41 Å². The summed E-state index contributed by atoms with van der Waals surface area (Å²) in [7, 11) is 0. The molecule has 0 aliphatic heterocycles. The van der Waals surface area contributed by atoms with Crippen molar-refractivity contribution >= 4 is 11.0 Å². The first kappa shape index (κ1) is 16.5. The van der Waals surface area contributed by atoms with E-state index < -0.39 is 0 Å². The van der Waals surface area contributed by atoms with E-state index in [1.165, 1.54) is 12.0 Å². The maximum absolute atomic E-state index is 5.91. The Kier molecular flexibility index (Phi) is 4.86. The van der Waals surface area contributed by atoms with Gasteiger partial charge >= 0.3 is 0 Å². The number of aromatic nitrogens is 2. The molecule has 4 nitrogen and oxygen atoms in total. The first-order valence-electron chi connectivity index (χ1n) is 8.40. The average Bonchev–Trinajstić information content (AvgIpc) is 3.00. The molecule has 0 atom stereocenters. The van der Waals surface area contributed by atoms with Crippen LogP contribution in [0.15, 0.2) is 48.8 Å². The molecule has 0 saturated carbocycles. The molecule has 126 valence electrons. The van der Waals surface area contributed by atoms with Crippen LogP contribution in [-0.4, -0.2) is 16.5 Å². The van der Waals surface area contributed by atoms with E-state index in [4.69, 9.17) is 4.74 Å². The Hall–Kier alpha value is -2.33. The molecule has 0 saturated heterocycles. The molecular formula is C20H25N3O. The third-order valence-electron chi connectivity index (χ3n) is 3.93. The van der Waals surface area contributed by atoms with Crippen molar-refractivity contribution in [1.29, 1.82) is 0 Å². The molecule has 0 fully saturated rings. The van der Waals surface area contributed by atoms with Gasteiger partial charge in [-0.15, -0.1) is 0 Å². The quantitative estimate of drug-likeness (QED) is 0.636. The minimum Gasteiger partial charge on any atom is -0.457 e. The number of fused-ring (bicyclic) bond motifs is 1. The normalized spacial score (nSPS) is 11.8. The van der Waals surface area contributed by atoms with E-state index in [-0.39, 0.29) is 0 Å². The molecule has 0 aliphatic carbocycles. The topological polar surface area (TPSA) is 49.9 Å². The minimum atomic E-state index is 0.375. The molecule has 0 unspecified atom stereocenters. The molecule has 0 radical (unpaired) electrons. The highest BCUT2D eigenvalue weighted by molar-refractivity contribution is 5.76. The van der Waals surface area contributed by atoms with Gasteiger partial charge < -0.3 is 15.0 Å². The van der Waals surface area contributed by atoms with E-state index in [0.29, 0.717) is 5.41 Å². The van der Waals surface area contributed by atoms with E-state index >= 15 is 0 Å². The van der Waals surface area contributed by atoms with E-state index in [1.54, 1.807) is 6.33 Å². The summed E-state index contributed by atoms with van der Waals surface area (Å²) in [5.74, 6) is 1.65. The van der Waals surface area contributed by atoms with Gasteiger partial charge in [-0.2, -0.15) is 0 Å². The Morgan fingerprint density at radius 2 is 1.79 bits per heavy atom. The highest BCUT2D eigenvalue weighted by Gasteiger charge is 2.08. The van der Waals surface area contributed by atoms with Crippen LogP contribution < -0.4 is 10.1 Å². The Bertz CT molecular complexity index is 784. The maximum atomic E-state index is 5.91. The highest BCUT2D eigenvalue weighted by atomic mass is 16.5. The third-order valence-corrected chi connectivity index (χ3v) is 3.93. The smallest absolute Gasteiger partial charge is 0.129 e. The lowest BCUT2D eigenvalue weighted by Gasteiger charge is -2.18. The summed E-state index contributed by atoms with van der Waals surface area (Å²) in [5.41, 5.74) is 3.56. The summed E-state index contributed by atoms with van der Waals surface area (Å²) in [6, 6.07) is 14.1. The number of H-pyrrole nitrogens is 1. The molecule has 0 amide bonds. The Balaban J connectivity index is 1.54. The molecule has 0 bridgehead atoms. The first-order chi connectivity index (χ1) is 11.5. The fourth-order valence-corrected chi connectivity index (χ4v) is 2.49. The zero-order valence-corrected chi connectivity index (χ0v) is 14.6. The molecule has 1 heterocycles. The molecule has 4 heteroatoms. The van der Waals surface area contributed by atoms with E-state index in [1.807, 2.05) is 30.3 Å².